The Morgan fingerprint density at radius 1 is 1.41 bits per heavy atom. The van der Waals surface area contributed by atoms with Gasteiger partial charge in [0.25, 0.3) is 0 Å². The molecule has 1 heterocycles. The van der Waals surface area contributed by atoms with Crippen molar-refractivity contribution in [3.8, 4) is 0 Å². The molecule has 17 heavy (non-hydrogen) atoms. The minimum Gasteiger partial charge on any atom is -0.379 e. The Bertz CT molecular complexity index is 250. The number of carbonyl (C=O) groups is 1. The smallest absolute Gasteiger partial charge is 0.234 e. The number of nitrogens with zero attached hydrogens (tertiary/aromatic N) is 1. The summed E-state index contributed by atoms with van der Waals surface area (Å²) in [7, 11) is 0. The van der Waals surface area contributed by atoms with Gasteiger partial charge in [0.05, 0.1) is 19.8 Å². The monoisotopic (exact) mass is 241 g/mol. The number of hydrogen-bond acceptors (Lipinski definition) is 4. The van der Waals surface area contributed by atoms with Crippen molar-refractivity contribution >= 4 is 5.91 Å². The molecule has 1 unspecified atom stereocenters. The number of hydrogen-bond donors (Lipinski definition) is 2. The summed E-state index contributed by atoms with van der Waals surface area (Å²) in [5.41, 5.74) is 0. The largest absolute Gasteiger partial charge is 0.379 e. The molecule has 2 fully saturated rings. The summed E-state index contributed by atoms with van der Waals surface area (Å²) in [5.74, 6) is 0.126. The highest BCUT2D eigenvalue weighted by molar-refractivity contribution is 5.78. The molecule has 1 saturated heterocycles. The molecule has 1 aliphatic heterocycles. The molecule has 2 aliphatic rings. The highest BCUT2D eigenvalue weighted by atomic mass is 16.5. The molecular weight excluding hydrogens is 218 g/mol. The molecular formula is C12H23N3O2. The van der Waals surface area contributed by atoms with Crippen LogP contribution in [-0.4, -0.2) is 62.3 Å². The first-order valence-corrected chi connectivity index (χ1v) is 6.57. The minimum absolute atomic E-state index is 0.126. The lowest BCUT2D eigenvalue weighted by Gasteiger charge is -2.29. The van der Waals surface area contributed by atoms with Crippen LogP contribution in [0.3, 0.4) is 0 Å². The van der Waals surface area contributed by atoms with Crippen LogP contribution < -0.4 is 10.6 Å². The first-order valence-electron chi connectivity index (χ1n) is 6.57. The maximum atomic E-state index is 11.5. The topological polar surface area (TPSA) is 53.6 Å². The Balaban J connectivity index is 1.55. The molecule has 0 spiro atoms. The molecule has 2 rings (SSSR count). The van der Waals surface area contributed by atoms with Crippen LogP contribution in [0, 0.1) is 0 Å². The summed E-state index contributed by atoms with van der Waals surface area (Å²) in [5, 5.41) is 6.25. The van der Waals surface area contributed by atoms with Crippen molar-refractivity contribution in [1.82, 2.24) is 15.5 Å². The van der Waals surface area contributed by atoms with Crippen molar-refractivity contribution in [2.75, 3.05) is 39.4 Å². The zero-order valence-corrected chi connectivity index (χ0v) is 10.6. The summed E-state index contributed by atoms with van der Waals surface area (Å²) >= 11 is 0. The molecule has 2 N–H and O–H groups in total. The number of morpholine rings is 1. The predicted molar refractivity (Wildman–Crippen MR) is 65.9 cm³/mol. The lowest BCUT2D eigenvalue weighted by molar-refractivity contribution is -0.120. The fourth-order valence-electron chi connectivity index (χ4n) is 2.01. The van der Waals surface area contributed by atoms with Gasteiger partial charge in [-0.05, 0) is 19.8 Å². The van der Waals surface area contributed by atoms with Crippen LogP contribution in [0.15, 0.2) is 0 Å². The zero-order chi connectivity index (χ0) is 12.1. The average molecular weight is 241 g/mol. The van der Waals surface area contributed by atoms with Crippen molar-refractivity contribution in [2.24, 2.45) is 0 Å². The standard InChI is InChI=1S/C12H23N3O2/c1-10(9-15-4-6-17-7-5-15)13-8-12(16)14-11-2-3-11/h10-11,13H,2-9H2,1H3,(H,14,16). The van der Waals surface area contributed by atoms with Gasteiger partial charge < -0.3 is 15.4 Å². The number of rotatable bonds is 6. The molecule has 0 aromatic rings. The molecule has 0 aromatic carbocycles. The Hall–Kier alpha value is -0.650. The first-order chi connectivity index (χ1) is 8.24. The normalized spacial score (nSPS) is 23.4. The van der Waals surface area contributed by atoms with Gasteiger partial charge in [0.2, 0.25) is 5.91 Å². The molecule has 1 aliphatic carbocycles. The maximum absolute atomic E-state index is 11.5. The van der Waals surface area contributed by atoms with E-state index >= 15 is 0 Å². The summed E-state index contributed by atoms with van der Waals surface area (Å²) in [6.07, 6.45) is 2.30. The van der Waals surface area contributed by atoms with Crippen LogP contribution in [0.4, 0.5) is 0 Å². The molecule has 0 radical (unpaired) electrons. The molecule has 1 saturated carbocycles. The van der Waals surface area contributed by atoms with Gasteiger partial charge in [0, 0.05) is 31.7 Å². The van der Waals surface area contributed by atoms with Gasteiger partial charge in [-0.25, -0.2) is 0 Å². The van der Waals surface area contributed by atoms with Crippen molar-refractivity contribution in [3.05, 3.63) is 0 Å². The van der Waals surface area contributed by atoms with Crippen LogP contribution in [-0.2, 0) is 9.53 Å². The van der Waals surface area contributed by atoms with E-state index in [2.05, 4.69) is 22.5 Å². The van der Waals surface area contributed by atoms with Gasteiger partial charge >= 0.3 is 0 Å². The third kappa shape index (κ3) is 5.02. The number of nitrogens with one attached hydrogen (secondary N) is 2. The second-order valence-corrected chi connectivity index (χ2v) is 5.04. The van der Waals surface area contributed by atoms with Gasteiger partial charge in [0.1, 0.15) is 0 Å². The van der Waals surface area contributed by atoms with Gasteiger partial charge in [-0.15, -0.1) is 0 Å². The van der Waals surface area contributed by atoms with Crippen molar-refractivity contribution in [1.29, 1.82) is 0 Å². The van der Waals surface area contributed by atoms with E-state index in [4.69, 9.17) is 4.74 Å². The predicted octanol–water partition coefficient (Wildman–Crippen LogP) is -0.425. The van der Waals surface area contributed by atoms with Crippen molar-refractivity contribution in [3.63, 3.8) is 0 Å². The Kier molecular flexibility index (Phi) is 4.76. The second kappa shape index (κ2) is 6.33. The van der Waals surface area contributed by atoms with Crippen LogP contribution in [0.25, 0.3) is 0 Å². The summed E-state index contributed by atoms with van der Waals surface area (Å²) < 4.78 is 5.30. The SMILES string of the molecule is CC(CN1CCOCC1)NCC(=O)NC1CC1. The quantitative estimate of drug-likeness (QED) is 0.663. The number of amides is 1. The van der Waals surface area contributed by atoms with Crippen LogP contribution >= 0.6 is 0 Å². The van der Waals surface area contributed by atoms with E-state index in [-0.39, 0.29) is 5.91 Å². The Morgan fingerprint density at radius 3 is 2.76 bits per heavy atom. The molecule has 1 amide bonds. The lowest BCUT2D eigenvalue weighted by Crippen LogP contribution is -2.46. The lowest BCUT2D eigenvalue weighted by atomic mass is 10.3. The first kappa shape index (κ1) is 12.8. The van der Waals surface area contributed by atoms with E-state index in [9.17, 15) is 4.79 Å². The fraction of sp³-hybridized carbons (Fsp3) is 0.917. The molecule has 5 heteroatoms. The van der Waals surface area contributed by atoms with Crippen molar-refractivity contribution in [2.45, 2.75) is 31.8 Å². The Labute approximate surface area is 103 Å². The molecule has 0 bridgehead atoms. The van der Waals surface area contributed by atoms with Crippen LogP contribution in [0.2, 0.25) is 0 Å². The van der Waals surface area contributed by atoms with E-state index in [1.807, 2.05) is 0 Å². The summed E-state index contributed by atoms with van der Waals surface area (Å²) in [6, 6.07) is 0.803. The van der Waals surface area contributed by atoms with Gasteiger partial charge in [0.15, 0.2) is 0 Å². The van der Waals surface area contributed by atoms with Gasteiger partial charge in [-0.1, -0.05) is 0 Å². The molecule has 98 valence electrons. The molecule has 5 nitrogen and oxygen atoms in total. The molecule has 0 aromatic heterocycles. The second-order valence-electron chi connectivity index (χ2n) is 5.04. The van der Waals surface area contributed by atoms with Crippen LogP contribution in [0.5, 0.6) is 0 Å². The Morgan fingerprint density at radius 2 is 2.12 bits per heavy atom. The van der Waals surface area contributed by atoms with Crippen LogP contribution in [0.1, 0.15) is 19.8 Å². The third-order valence-electron chi connectivity index (χ3n) is 3.19. The van der Waals surface area contributed by atoms with E-state index < -0.39 is 0 Å². The summed E-state index contributed by atoms with van der Waals surface area (Å²) in [6.45, 7) is 7.20. The highest BCUT2D eigenvalue weighted by Gasteiger charge is 2.23. The number of carbonyl (C=O) groups excluding carboxylic acids is 1. The van der Waals surface area contributed by atoms with E-state index in [1.165, 1.54) is 0 Å². The minimum atomic E-state index is 0.126. The van der Waals surface area contributed by atoms with E-state index in [0.29, 0.717) is 18.6 Å². The maximum Gasteiger partial charge on any atom is 0.234 e. The number of ether oxygens (including phenoxy) is 1. The average Bonchev–Trinajstić information content (AvgIpc) is 3.12. The van der Waals surface area contributed by atoms with E-state index in [0.717, 1.165) is 45.7 Å². The van der Waals surface area contributed by atoms with Gasteiger partial charge in [-0.3, -0.25) is 9.69 Å². The van der Waals surface area contributed by atoms with Crippen molar-refractivity contribution < 1.29 is 9.53 Å². The zero-order valence-electron chi connectivity index (χ0n) is 10.6. The highest BCUT2D eigenvalue weighted by Crippen LogP contribution is 2.18. The fourth-order valence-corrected chi connectivity index (χ4v) is 2.01. The van der Waals surface area contributed by atoms with Gasteiger partial charge in [-0.2, -0.15) is 0 Å². The summed E-state index contributed by atoms with van der Waals surface area (Å²) in [4.78, 5) is 13.9. The third-order valence-corrected chi connectivity index (χ3v) is 3.19. The van der Waals surface area contributed by atoms with E-state index in [1.54, 1.807) is 0 Å². The molecule has 1 atom stereocenters.